The highest BCUT2D eigenvalue weighted by Gasteiger charge is 2.40. The monoisotopic (exact) mass is 322 g/mol. The van der Waals surface area contributed by atoms with Crippen LogP contribution in [-0.4, -0.2) is 39.5 Å². The summed E-state index contributed by atoms with van der Waals surface area (Å²) in [4.78, 5) is 29.6. The van der Waals surface area contributed by atoms with Crippen LogP contribution >= 0.6 is 22.7 Å². The molecule has 110 valence electrons. The van der Waals surface area contributed by atoms with E-state index in [0.717, 1.165) is 10.6 Å². The fourth-order valence-corrected chi connectivity index (χ4v) is 4.10. The number of carbonyl (C=O) groups excluding carboxylic acids is 1. The zero-order valence-electron chi connectivity index (χ0n) is 11.4. The van der Waals surface area contributed by atoms with E-state index in [0.29, 0.717) is 18.7 Å². The summed E-state index contributed by atoms with van der Waals surface area (Å²) < 4.78 is 0. The third-order valence-corrected chi connectivity index (χ3v) is 5.28. The van der Waals surface area contributed by atoms with Crippen molar-refractivity contribution in [3.8, 4) is 10.6 Å². The van der Waals surface area contributed by atoms with E-state index in [2.05, 4.69) is 4.98 Å². The maximum atomic E-state index is 12.5. The zero-order valence-corrected chi connectivity index (χ0v) is 13.0. The standard InChI is InChI=1S/C14H14N2O3S2/c1-8-2-4-16(11(8)14(18)19)13(17)10-7-21-12(15-10)9-3-5-20-6-9/h3,5-8,11H,2,4H2,1H3,(H,18,19). The summed E-state index contributed by atoms with van der Waals surface area (Å²) in [5.74, 6) is -1.26. The fraction of sp³-hybridized carbons (Fsp3) is 0.357. The molecule has 2 aromatic rings. The quantitative estimate of drug-likeness (QED) is 0.943. The van der Waals surface area contributed by atoms with Crippen LogP contribution < -0.4 is 0 Å². The molecular formula is C14H14N2O3S2. The third-order valence-electron chi connectivity index (χ3n) is 3.71. The van der Waals surface area contributed by atoms with Crippen LogP contribution in [-0.2, 0) is 4.79 Å². The smallest absolute Gasteiger partial charge is 0.326 e. The molecule has 5 nitrogen and oxygen atoms in total. The first-order chi connectivity index (χ1) is 10.1. The average molecular weight is 322 g/mol. The lowest BCUT2D eigenvalue weighted by Crippen LogP contribution is -2.42. The predicted octanol–water partition coefficient (Wildman–Crippen LogP) is 2.81. The van der Waals surface area contributed by atoms with Gasteiger partial charge in [-0.25, -0.2) is 9.78 Å². The first-order valence-electron chi connectivity index (χ1n) is 6.60. The number of carboxylic acids is 1. The van der Waals surface area contributed by atoms with Gasteiger partial charge in [-0.2, -0.15) is 11.3 Å². The number of hydrogen-bond donors (Lipinski definition) is 1. The van der Waals surface area contributed by atoms with Gasteiger partial charge in [0.25, 0.3) is 5.91 Å². The van der Waals surface area contributed by atoms with E-state index >= 15 is 0 Å². The van der Waals surface area contributed by atoms with Gasteiger partial charge in [0, 0.05) is 22.9 Å². The minimum atomic E-state index is -0.943. The second kappa shape index (κ2) is 5.57. The van der Waals surface area contributed by atoms with Crippen molar-refractivity contribution in [3.05, 3.63) is 27.9 Å². The Balaban J connectivity index is 1.84. The first-order valence-corrected chi connectivity index (χ1v) is 8.42. The lowest BCUT2D eigenvalue weighted by Gasteiger charge is -2.22. The molecule has 1 N–H and O–H groups in total. The van der Waals surface area contributed by atoms with E-state index in [1.54, 1.807) is 16.7 Å². The normalized spacial score (nSPS) is 21.7. The molecule has 3 rings (SSSR count). The van der Waals surface area contributed by atoms with Crippen molar-refractivity contribution in [2.24, 2.45) is 5.92 Å². The van der Waals surface area contributed by atoms with Gasteiger partial charge in [0.05, 0.1) is 0 Å². The van der Waals surface area contributed by atoms with Gasteiger partial charge >= 0.3 is 5.97 Å². The summed E-state index contributed by atoms with van der Waals surface area (Å²) in [6.07, 6.45) is 0.713. The predicted molar refractivity (Wildman–Crippen MR) is 81.7 cm³/mol. The molecule has 0 bridgehead atoms. The molecule has 0 aromatic carbocycles. The molecule has 1 fully saturated rings. The highest BCUT2D eigenvalue weighted by atomic mass is 32.1. The second-order valence-corrected chi connectivity index (χ2v) is 6.74. The third kappa shape index (κ3) is 2.58. The molecule has 2 aromatic heterocycles. The molecule has 1 aliphatic heterocycles. The summed E-state index contributed by atoms with van der Waals surface area (Å²) in [7, 11) is 0. The molecule has 0 aliphatic carbocycles. The molecule has 1 amide bonds. The number of aliphatic carboxylic acids is 1. The lowest BCUT2D eigenvalue weighted by molar-refractivity contribution is -0.142. The van der Waals surface area contributed by atoms with Crippen LogP contribution in [0.2, 0.25) is 0 Å². The van der Waals surface area contributed by atoms with Crippen molar-refractivity contribution in [1.82, 2.24) is 9.88 Å². The number of amides is 1. The highest BCUT2D eigenvalue weighted by Crippen LogP contribution is 2.29. The Bertz CT molecular complexity index is 666. The minimum Gasteiger partial charge on any atom is -0.480 e. The number of aromatic nitrogens is 1. The van der Waals surface area contributed by atoms with Crippen molar-refractivity contribution >= 4 is 34.6 Å². The van der Waals surface area contributed by atoms with Gasteiger partial charge in [-0.3, -0.25) is 4.79 Å². The van der Waals surface area contributed by atoms with E-state index < -0.39 is 12.0 Å². The maximum absolute atomic E-state index is 12.5. The number of hydrogen-bond acceptors (Lipinski definition) is 5. The van der Waals surface area contributed by atoms with Gasteiger partial charge in [0.15, 0.2) is 0 Å². The van der Waals surface area contributed by atoms with Crippen molar-refractivity contribution in [2.45, 2.75) is 19.4 Å². The summed E-state index contributed by atoms with van der Waals surface area (Å²) in [6.45, 7) is 2.34. The van der Waals surface area contributed by atoms with Gasteiger partial charge in [0.1, 0.15) is 16.7 Å². The van der Waals surface area contributed by atoms with Crippen LogP contribution in [0, 0.1) is 5.92 Å². The summed E-state index contributed by atoms with van der Waals surface area (Å²) >= 11 is 2.98. The molecule has 1 aliphatic rings. The van der Waals surface area contributed by atoms with Gasteiger partial charge in [0.2, 0.25) is 0 Å². The highest BCUT2D eigenvalue weighted by molar-refractivity contribution is 7.14. The molecular weight excluding hydrogens is 308 g/mol. The van der Waals surface area contributed by atoms with Crippen LogP contribution in [0.15, 0.2) is 22.2 Å². The first kappa shape index (κ1) is 14.2. The number of likely N-dealkylation sites (tertiary alicyclic amines) is 1. The van der Waals surface area contributed by atoms with Crippen molar-refractivity contribution in [2.75, 3.05) is 6.54 Å². The molecule has 7 heteroatoms. The molecule has 3 heterocycles. The molecule has 2 unspecified atom stereocenters. The fourth-order valence-electron chi connectivity index (χ4n) is 2.59. The second-order valence-electron chi connectivity index (χ2n) is 5.10. The largest absolute Gasteiger partial charge is 0.480 e. The number of thiophene rings is 1. The van der Waals surface area contributed by atoms with Gasteiger partial charge in [-0.15, -0.1) is 11.3 Å². The average Bonchev–Trinajstić information content (AvgIpc) is 3.17. The van der Waals surface area contributed by atoms with E-state index in [1.165, 1.54) is 16.2 Å². The number of carboxylic acid groups (broad SMARTS) is 1. The Morgan fingerprint density at radius 1 is 1.43 bits per heavy atom. The van der Waals surface area contributed by atoms with Crippen LogP contribution in [0.1, 0.15) is 23.8 Å². The summed E-state index contributed by atoms with van der Waals surface area (Å²) in [5.41, 5.74) is 1.33. The van der Waals surface area contributed by atoms with E-state index in [4.69, 9.17) is 0 Å². The zero-order chi connectivity index (χ0) is 15.0. The van der Waals surface area contributed by atoms with Crippen LogP contribution in [0.5, 0.6) is 0 Å². The maximum Gasteiger partial charge on any atom is 0.326 e. The van der Waals surface area contributed by atoms with Crippen LogP contribution in [0.25, 0.3) is 10.6 Å². The number of rotatable bonds is 3. The molecule has 1 saturated heterocycles. The topological polar surface area (TPSA) is 70.5 Å². The number of thiazole rings is 1. The van der Waals surface area contributed by atoms with Crippen molar-refractivity contribution < 1.29 is 14.7 Å². The van der Waals surface area contributed by atoms with E-state index in [1.807, 2.05) is 23.8 Å². The van der Waals surface area contributed by atoms with Crippen molar-refractivity contribution in [1.29, 1.82) is 0 Å². The Hall–Kier alpha value is -1.73. The molecule has 2 atom stereocenters. The molecule has 21 heavy (non-hydrogen) atoms. The number of nitrogens with zero attached hydrogens (tertiary/aromatic N) is 2. The van der Waals surface area contributed by atoms with Crippen molar-refractivity contribution in [3.63, 3.8) is 0 Å². The Kier molecular flexibility index (Phi) is 3.77. The van der Waals surface area contributed by atoms with E-state index in [-0.39, 0.29) is 11.8 Å². The Morgan fingerprint density at radius 3 is 2.90 bits per heavy atom. The molecule has 0 saturated carbocycles. The summed E-state index contributed by atoms with van der Waals surface area (Å²) in [5, 5.41) is 15.7. The minimum absolute atomic E-state index is 0.0265. The molecule has 0 radical (unpaired) electrons. The lowest BCUT2D eigenvalue weighted by atomic mass is 10.0. The van der Waals surface area contributed by atoms with E-state index in [9.17, 15) is 14.7 Å². The van der Waals surface area contributed by atoms with Crippen LogP contribution in [0.3, 0.4) is 0 Å². The SMILES string of the molecule is CC1CCN(C(=O)c2csc(-c3ccsc3)n2)C1C(=O)O. The number of carbonyl (C=O) groups is 2. The Morgan fingerprint density at radius 2 is 2.24 bits per heavy atom. The van der Waals surface area contributed by atoms with Gasteiger partial charge in [-0.1, -0.05) is 6.92 Å². The van der Waals surface area contributed by atoms with Gasteiger partial charge in [-0.05, 0) is 23.8 Å². The summed E-state index contributed by atoms with van der Waals surface area (Å²) in [6, 6.07) is 1.21. The molecule has 0 spiro atoms. The Labute approximate surface area is 129 Å². The van der Waals surface area contributed by atoms with Gasteiger partial charge < -0.3 is 10.0 Å². The van der Waals surface area contributed by atoms with Crippen LogP contribution in [0.4, 0.5) is 0 Å².